The van der Waals surface area contributed by atoms with Gasteiger partial charge < -0.3 is 19.5 Å². The van der Waals surface area contributed by atoms with Crippen molar-refractivity contribution < 1.29 is 14.2 Å². The zero-order valence-electron chi connectivity index (χ0n) is 16.4. The molecule has 0 radical (unpaired) electrons. The lowest BCUT2D eigenvalue weighted by Crippen LogP contribution is -2.18. The molecule has 3 aromatic rings. The second kappa shape index (κ2) is 10.4. The van der Waals surface area contributed by atoms with Crippen molar-refractivity contribution in [1.82, 2.24) is 5.32 Å². The number of methoxy groups -OCH3 is 1. The van der Waals surface area contributed by atoms with Gasteiger partial charge in [-0.3, -0.25) is 0 Å². The second-order valence-electron chi connectivity index (χ2n) is 6.53. The molecule has 28 heavy (non-hydrogen) atoms. The van der Waals surface area contributed by atoms with Gasteiger partial charge in [0.05, 0.1) is 7.11 Å². The predicted octanol–water partition coefficient (Wildman–Crippen LogP) is 5.00. The van der Waals surface area contributed by atoms with Crippen LogP contribution in [0.2, 0.25) is 0 Å². The van der Waals surface area contributed by atoms with Gasteiger partial charge >= 0.3 is 0 Å². The van der Waals surface area contributed by atoms with Gasteiger partial charge in [-0.05, 0) is 54.4 Å². The van der Waals surface area contributed by atoms with Crippen LogP contribution in [-0.4, -0.2) is 20.3 Å². The van der Waals surface area contributed by atoms with Crippen molar-refractivity contribution in [1.29, 1.82) is 0 Å². The Balaban J connectivity index is 1.44. The van der Waals surface area contributed by atoms with E-state index in [1.54, 1.807) is 7.11 Å². The first kappa shape index (κ1) is 19.8. The lowest BCUT2D eigenvalue weighted by molar-refractivity contribution is 0.217. The molecule has 0 aromatic heterocycles. The van der Waals surface area contributed by atoms with Crippen LogP contribution >= 0.6 is 0 Å². The van der Waals surface area contributed by atoms with E-state index in [9.17, 15) is 0 Å². The molecule has 1 unspecified atom stereocenters. The van der Waals surface area contributed by atoms with Crippen LogP contribution in [0.1, 0.15) is 24.1 Å². The van der Waals surface area contributed by atoms with E-state index in [-0.39, 0.29) is 6.04 Å². The van der Waals surface area contributed by atoms with Gasteiger partial charge in [-0.2, -0.15) is 0 Å². The van der Waals surface area contributed by atoms with Crippen molar-refractivity contribution in [3.63, 3.8) is 0 Å². The Bertz CT molecular complexity index is 834. The van der Waals surface area contributed by atoms with Crippen molar-refractivity contribution in [3.05, 3.63) is 90.0 Å². The number of ether oxygens (including phenoxy) is 3. The van der Waals surface area contributed by atoms with Crippen LogP contribution in [0.15, 0.2) is 78.9 Å². The number of benzene rings is 3. The van der Waals surface area contributed by atoms with Crippen molar-refractivity contribution in [2.75, 3.05) is 20.3 Å². The molecule has 0 fully saturated rings. The van der Waals surface area contributed by atoms with Gasteiger partial charge in [-0.25, -0.2) is 0 Å². The van der Waals surface area contributed by atoms with Gasteiger partial charge in [0.25, 0.3) is 0 Å². The summed E-state index contributed by atoms with van der Waals surface area (Å²) in [6, 6.07) is 26.3. The lowest BCUT2D eigenvalue weighted by Gasteiger charge is -2.15. The van der Waals surface area contributed by atoms with E-state index in [1.807, 2.05) is 54.6 Å². The second-order valence-corrected chi connectivity index (χ2v) is 6.53. The summed E-state index contributed by atoms with van der Waals surface area (Å²) in [5, 5.41) is 3.55. The molecular formula is C24H27NO3. The number of rotatable bonds is 10. The minimum absolute atomic E-state index is 0.245. The van der Waals surface area contributed by atoms with Crippen LogP contribution in [0.5, 0.6) is 17.2 Å². The zero-order chi connectivity index (χ0) is 19.6. The Morgan fingerprint density at radius 3 is 2.14 bits per heavy atom. The Hall–Kier alpha value is -2.98. The highest BCUT2D eigenvalue weighted by Gasteiger charge is 2.06. The van der Waals surface area contributed by atoms with Gasteiger partial charge in [-0.15, -0.1) is 0 Å². The van der Waals surface area contributed by atoms with E-state index in [2.05, 4.69) is 36.5 Å². The average Bonchev–Trinajstić information content (AvgIpc) is 2.76. The SMILES string of the molecule is COc1ccc(C(C)NCc2cccc(OCCOc3ccccc3)c2)cc1. The van der Waals surface area contributed by atoms with Gasteiger partial charge in [0.15, 0.2) is 0 Å². The quantitative estimate of drug-likeness (QED) is 0.505. The molecule has 1 N–H and O–H groups in total. The number of nitrogens with one attached hydrogen (secondary N) is 1. The summed E-state index contributed by atoms with van der Waals surface area (Å²) in [5.74, 6) is 2.58. The van der Waals surface area contributed by atoms with Crippen molar-refractivity contribution in [2.24, 2.45) is 0 Å². The number of para-hydroxylation sites is 1. The largest absolute Gasteiger partial charge is 0.497 e. The number of hydrogen-bond acceptors (Lipinski definition) is 4. The third-order valence-electron chi connectivity index (χ3n) is 4.49. The monoisotopic (exact) mass is 377 g/mol. The molecule has 1 atom stereocenters. The maximum absolute atomic E-state index is 5.82. The van der Waals surface area contributed by atoms with Crippen molar-refractivity contribution in [2.45, 2.75) is 19.5 Å². The lowest BCUT2D eigenvalue weighted by atomic mass is 10.1. The average molecular weight is 377 g/mol. The third kappa shape index (κ3) is 6.03. The maximum Gasteiger partial charge on any atom is 0.122 e. The van der Waals surface area contributed by atoms with Crippen molar-refractivity contribution in [3.8, 4) is 17.2 Å². The molecule has 0 heterocycles. The molecule has 4 heteroatoms. The molecule has 3 aromatic carbocycles. The molecule has 0 amide bonds. The summed E-state index contributed by atoms with van der Waals surface area (Å²) in [5.41, 5.74) is 2.41. The normalized spacial score (nSPS) is 11.6. The van der Waals surface area contributed by atoms with Gasteiger partial charge in [0.1, 0.15) is 30.5 Å². The zero-order valence-corrected chi connectivity index (χ0v) is 16.4. The van der Waals surface area contributed by atoms with E-state index in [0.717, 1.165) is 23.8 Å². The summed E-state index contributed by atoms with van der Waals surface area (Å²) < 4.78 is 16.7. The third-order valence-corrected chi connectivity index (χ3v) is 4.49. The fraction of sp³-hybridized carbons (Fsp3) is 0.250. The molecular weight excluding hydrogens is 350 g/mol. The summed E-state index contributed by atoms with van der Waals surface area (Å²) in [6.45, 7) is 3.95. The molecule has 0 saturated heterocycles. The molecule has 0 aliphatic rings. The first-order valence-corrected chi connectivity index (χ1v) is 9.51. The van der Waals surface area contributed by atoms with Crippen LogP contribution < -0.4 is 19.5 Å². The maximum atomic E-state index is 5.82. The Morgan fingerprint density at radius 1 is 0.750 bits per heavy atom. The van der Waals surface area contributed by atoms with E-state index < -0.39 is 0 Å². The van der Waals surface area contributed by atoms with Gasteiger partial charge in [0.2, 0.25) is 0 Å². The summed E-state index contributed by atoms with van der Waals surface area (Å²) in [7, 11) is 1.68. The Labute approximate surface area is 167 Å². The summed E-state index contributed by atoms with van der Waals surface area (Å²) >= 11 is 0. The Kier molecular flexibility index (Phi) is 7.33. The molecule has 3 rings (SSSR count). The number of hydrogen-bond donors (Lipinski definition) is 1. The minimum Gasteiger partial charge on any atom is -0.497 e. The van der Waals surface area contributed by atoms with Crippen LogP contribution in [0.3, 0.4) is 0 Å². The van der Waals surface area contributed by atoms with E-state index in [0.29, 0.717) is 13.2 Å². The first-order chi connectivity index (χ1) is 13.7. The molecule has 146 valence electrons. The fourth-order valence-electron chi connectivity index (χ4n) is 2.86. The van der Waals surface area contributed by atoms with Crippen LogP contribution in [0.4, 0.5) is 0 Å². The fourth-order valence-corrected chi connectivity index (χ4v) is 2.86. The summed E-state index contributed by atoms with van der Waals surface area (Å²) in [6.07, 6.45) is 0. The highest BCUT2D eigenvalue weighted by molar-refractivity contribution is 5.30. The van der Waals surface area contributed by atoms with Gasteiger partial charge in [0, 0.05) is 12.6 Å². The van der Waals surface area contributed by atoms with E-state index in [4.69, 9.17) is 14.2 Å². The standard InChI is InChI=1S/C24H27NO3/c1-19(21-11-13-22(26-2)14-12-21)25-18-20-7-6-10-24(17-20)28-16-15-27-23-8-4-3-5-9-23/h3-14,17,19,25H,15-16,18H2,1-2H3. The Morgan fingerprint density at radius 2 is 1.43 bits per heavy atom. The van der Waals surface area contributed by atoms with E-state index in [1.165, 1.54) is 11.1 Å². The minimum atomic E-state index is 0.245. The van der Waals surface area contributed by atoms with E-state index >= 15 is 0 Å². The molecule has 0 spiro atoms. The predicted molar refractivity (Wildman–Crippen MR) is 112 cm³/mol. The molecule has 0 aliphatic carbocycles. The van der Waals surface area contributed by atoms with Crippen LogP contribution in [0.25, 0.3) is 0 Å². The molecule has 0 saturated carbocycles. The topological polar surface area (TPSA) is 39.7 Å². The van der Waals surface area contributed by atoms with Crippen LogP contribution in [0, 0.1) is 0 Å². The molecule has 0 bridgehead atoms. The highest BCUT2D eigenvalue weighted by atomic mass is 16.5. The molecule has 0 aliphatic heterocycles. The smallest absolute Gasteiger partial charge is 0.122 e. The van der Waals surface area contributed by atoms with Crippen LogP contribution in [-0.2, 0) is 6.54 Å². The summed E-state index contributed by atoms with van der Waals surface area (Å²) in [4.78, 5) is 0. The van der Waals surface area contributed by atoms with Crippen molar-refractivity contribution >= 4 is 0 Å². The molecule has 4 nitrogen and oxygen atoms in total. The highest BCUT2D eigenvalue weighted by Crippen LogP contribution is 2.19. The first-order valence-electron chi connectivity index (χ1n) is 9.51. The van der Waals surface area contributed by atoms with Gasteiger partial charge in [-0.1, -0.05) is 42.5 Å².